The zero-order chi connectivity index (χ0) is 9.84. The summed E-state index contributed by atoms with van der Waals surface area (Å²) in [5, 5.41) is 3.00. The Bertz CT molecular complexity index is 180. The summed E-state index contributed by atoms with van der Waals surface area (Å²) in [6.45, 7) is 4.04. The van der Waals surface area contributed by atoms with E-state index in [1.54, 1.807) is 0 Å². The van der Waals surface area contributed by atoms with E-state index >= 15 is 0 Å². The highest BCUT2D eigenvalue weighted by molar-refractivity contribution is 5.77. The predicted molar refractivity (Wildman–Crippen MR) is 53.2 cm³/mol. The first-order valence-electron chi connectivity index (χ1n) is 5.18. The summed E-state index contributed by atoms with van der Waals surface area (Å²) >= 11 is 0. The second kappa shape index (κ2) is 4.61. The van der Waals surface area contributed by atoms with E-state index in [0.717, 1.165) is 5.92 Å². The highest BCUT2D eigenvalue weighted by Crippen LogP contribution is 2.34. The van der Waals surface area contributed by atoms with Crippen LogP contribution in [-0.2, 0) is 4.79 Å². The third kappa shape index (κ3) is 3.77. The summed E-state index contributed by atoms with van der Waals surface area (Å²) < 4.78 is 0. The summed E-state index contributed by atoms with van der Waals surface area (Å²) in [5.74, 6) is 0.848. The van der Waals surface area contributed by atoms with Crippen molar-refractivity contribution in [2.75, 3.05) is 0 Å². The van der Waals surface area contributed by atoms with Crippen molar-refractivity contribution in [2.45, 2.75) is 51.6 Å². The molecule has 0 aliphatic heterocycles. The molecule has 3 nitrogen and oxygen atoms in total. The molecule has 1 rings (SSSR count). The van der Waals surface area contributed by atoms with Crippen molar-refractivity contribution in [3.8, 4) is 0 Å². The quantitative estimate of drug-likeness (QED) is 0.670. The molecule has 3 heteroatoms. The molecule has 76 valence electrons. The summed E-state index contributed by atoms with van der Waals surface area (Å²) in [6, 6.07) is 0.426. The number of nitrogens with one attached hydrogen (secondary N) is 1. The molecule has 0 heterocycles. The molecule has 1 saturated carbocycles. The van der Waals surface area contributed by atoms with E-state index in [0.29, 0.717) is 12.5 Å². The van der Waals surface area contributed by atoms with Gasteiger partial charge < -0.3 is 11.1 Å². The van der Waals surface area contributed by atoms with Gasteiger partial charge in [-0.1, -0.05) is 13.3 Å². The minimum absolute atomic E-state index is 0.0247. The highest BCUT2D eigenvalue weighted by Gasteiger charge is 2.36. The second-order valence-corrected chi connectivity index (χ2v) is 4.14. The van der Waals surface area contributed by atoms with Gasteiger partial charge >= 0.3 is 0 Å². The van der Waals surface area contributed by atoms with Crippen molar-refractivity contribution in [1.82, 2.24) is 5.32 Å². The van der Waals surface area contributed by atoms with Crippen LogP contribution >= 0.6 is 0 Å². The molecule has 0 aromatic carbocycles. The predicted octanol–water partition coefficient (Wildman–Crippen LogP) is 1.03. The smallest absolute Gasteiger partial charge is 0.221 e. The van der Waals surface area contributed by atoms with Crippen LogP contribution in [0.3, 0.4) is 0 Å². The molecular weight excluding hydrogens is 164 g/mol. The van der Waals surface area contributed by atoms with Gasteiger partial charge in [-0.3, -0.25) is 4.79 Å². The van der Waals surface area contributed by atoms with Gasteiger partial charge in [-0.15, -0.1) is 0 Å². The number of amides is 1. The summed E-state index contributed by atoms with van der Waals surface area (Å²) in [7, 11) is 0. The van der Waals surface area contributed by atoms with Gasteiger partial charge in [-0.05, 0) is 25.7 Å². The van der Waals surface area contributed by atoms with Crippen LogP contribution in [0.25, 0.3) is 0 Å². The van der Waals surface area contributed by atoms with Crippen molar-refractivity contribution < 1.29 is 4.79 Å². The van der Waals surface area contributed by atoms with Crippen LogP contribution in [0.1, 0.15) is 39.5 Å². The number of hydrogen-bond acceptors (Lipinski definition) is 2. The van der Waals surface area contributed by atoms with Crippen molar-refractivity contribution in [1.29, 1.82) is 0 Å². The van der Waals surface area contributed by atoms with E-state index in [1.807, 2.05) is 6.92 Å². The molecule has 0 aromatic rings. The number of nitrogens with two attached hydrogens (primary N) is 1. The molecule has 3 atom stereocenters. The van der Waals surface area contributed by atoms with Gasteiger partial charge in [0.2, 0.25) is 5.91 Å². The van der Waals surface area contributed by atoms with Crippen LogP contribution in [0.2, 0.25) is 0 Å². The van der Waals surface area contributed by atoms with Crippen LogP contribution in [0, 0.1) is 5.92 Å². The lowest BCUT2D eigenvalue weighted by molar-refractivity contribution is -0.121. The van der Waals surface area contributed by atoms with Crippen LogP contribution in [-0.4, -0.2) is 18.0 Å². The van der Waals surface area contributed by atoms with Gasteiger partial charge in [0.15, 0.2) is 0 Å². The fraction of sp³-hybridized carbons (Fsp3) is 0.900. The van der Waals surface area contributed by atoms with Gasteiger partial charge in [0.1, 0.15) is 0 Å². The Labute approximate surface area is 80.1 Å². The summed E-state index contributed by atoms with van der Waals surface area (Å²) in [5.41, 5.74) is 5.52. The lowest BCUT2D eigenvalue weighted by atomic mass is 10.2. The average Bonchev–Trinajstić information content (AvgIpc) is 2.66. The maximum absolute atomic E-state index is 11.3. The van der Waals surface area contributed by atoms with Crippen molar-refractivity contribution in [3.05, 3.63) is 0 Å². The lowest BCUT2D eigenvalue weighted by Gasteiger charge is -2.06. The zero-order valence-electron chi connectivity index (χ0n) is 8.55. The van der Waals surface area contributed by atoms with E-state index < -0.39 is 0 Å². The SMILES string of the molecule is CCCC1CC1NC(=O)CC(C)N. The normalized spacial score (nSPS) is 28.2. The highest BCUT2D eigenvalue weighted by atomic mass is 16.1. The van der Waals surface area contributed by atoms with Crippen molar-refractivity contribution in [3.63, 3.8) is 0 Å². The number of carbonyl (C=O) groups is 1. The fourth-order valence-electron chi connectivity index (χ4n) is 1.67. The molecule has 1 aliphatic carbocycles. The number of carbonyl (C=O) groups excluding carboxylic acids is 1. The standard InChI is InChI=1S/C10H20N2O/c1-3-4-8-6-9(8)12-10(13)5-7(2)11/h7-9H,3-6,11H2,1-2H3,(H,12,13). The molecule has 0 aromatic heterocycles. The molecule has 0 radical (unpaired) electrons. The van der Waals surface area contributed by atoms with Gasteiger partial charge in [-0.25, -0.2) is 0 Å². The Morgan fingerprint density at radius 1 is 1.69 bits per heavy atom. The first kappa shape index (κ1) is 10.5. The van der Waals surface area contributed by atoms with Crippen LogP contribution in [0.4, 0.5) is 0 Å². The maximum atomic E-state index is 11.3. The van der Waals surface area contributed by atoms with Gasteiger partial charge in [0.05, 0.1) is 0 Å². The Balaban J connectivity index is 2.10. The number of rotatable bonds is 5. The lowest BCUT2D eigenvalue weighted by Crippen LogP contribution is -2.32. The van der Waals surface area contributed by atoms with E-state index in [4.69, 9.17) is 5.73 Å². The second-order valence-electron chi connectivity index (χ2n) is 4.14. The minimum atomic E-state index is -0.0247. The first-order chi connectivity index (χ1) is 6.13. The molecule has 1 aliphatic rings. The monoisotopic (exact) mass is 184 g/mol. The minimum Gasteiger partial charge on any atom is -0.353 e. The van der Waals surface area contributed by atoms with Crippen LogP contribution < -0.4 is 11.1 Å². The van der Waals surface area contributed by atoms with Crippen LogP contribution in [0.15, 0.2) is 0 Å². The summed E-state index contributed by atoms with van der Waals surface area (Å²) in [6.07, 6.45) is 4.07. The largest absolute Gasteiger partial charge is 0.353 e. The topological polar surface area (TPSA) is 55.1 Å². The molecule has 1 fully saturated rings. The molecule has 0 bridgehead atoms. The molecule has 3 unspecified atom stereocenters. The summed E-state index contributed by atoms with van der Waals surface area (Å²) in [4.78, 5) is 11.3. The van der Waals surface area contributed by atoms with E-state index in [-0.39, 0.29) is 11.9 Å². The van der Waals surface area contributed by atoms with Crippen LogP contribution in [0.5, 0.6) is 0 Å². The Kier molecular flexibility index (Phi) is 3.72. The van der Waals surface area contributed by atoms with Gasteiger partial charge in [0, 0.05) is 18.5 Å². The Morgan fingerprint density at radius 2 is 2.38 bits per heavy atom. The van der Waals surface area contributed by atoms with Gasteiger partial charge in [-0.2, -0.15) is 0 Å². The third-order valence-electron chi connectivity index (χ3n) is 2.44. The fourth-order valence-corrected chi connectivity index (χ4v) is 1.67. The zero-order valence-corrected chi connectivity index (χ0v) is 8.55. The Hall–Kier alpha value is -0.570. The average molecular weight is 184 g/mol. The van der Waals surface area contributed by atoms with Crippen molar-refractivity contribution >= 4 is 5.91 Å². The Morgan fingerprint density at radius 3 is 2.92 bits per heavy atom. The number of hydrogen-bond donors (Lipinski definition) is 2. The first-order valence-corrected chi connectivity index (χ1v) is 5.18. The van der Waals surface area contributed by atoms with Gasteiger partial charge in [0.25, 0.3) is 0 Å². The molecule has 13 heavy (non-hydrogen) atoms. The van der Waals surface area contributed by atoms with E-state index in [2.05, 4.69) is 12.2 Å². The van der Waals surface area contributed by atoms with E-state index in [9.17, 15) is 4.79 Å². The molecule has 0 saturated heterocycles. The molecule has 1 amide bonds. The molecular formula is C10H20N2O. The molecule has 3 N–H and O–H groups in total. The maximum Gasteiger partial charge on any atom is 0.221 e. The third-order valence-corrected chi connectivity index (χ3v) is 2.44. The van der Waals surface area contributed by atoms with Crippen molar-refractivity contribution in [2.24, 2.45) is 11.7 Å². The molecule has 0 spiro atoms. The van der Waals surface area contributed by atoms with E-state index in [1.165, 1.54) is 19.3 Å².